The van der Waals surface area contributed by atoms with Crippen molar-refractivity contribution >= 4 is 70.5 Å². The van der Waals surface area contributed by atoms with Gasteiger partial charge in [-0.3, -0.25) is 0 Å². The van der Waals surface area contributed by atoms with E-state index in [0.29, 0.717) is 0 Å². The molecule has 11 aromatic rings. The largest absolute Gasteiger partial charge is 0.455 e. The highest BCUT2D eigenvalue weighted by atomic mass is 32.1. The molecular formula is C54H35NOS. The first-order valence-electron chi connectivity index (χ1n) is 19.3. The zero-order valence-corrected chi connectivity index (χ0v) is 31.8. The highest BCUT2D eigenvalue weighted by Crippen LogP contribution is 2.50. The van der Waals surface area contributed by atoms with Crippen molar-refractivity contribution in [3.8, 4) is 44.5 Å². The Morgan fingerprint density at radius 3 is 1.63 bits per heavy atom. The van der Waals surface area contributed by atoms with E-state index < -0.39 is 0 Å². The first kappa shape index (κ1) is 33.2. The Bertz CT molecular complexity index is 3210. The summed E-state index contributed by atoms with van der Waals surface area (Å²) < 4.78 is 9.00. The van der Waals surface area contributed by atoms with Crippen molar-refractivity contribution < 1.29 is 4.42 Å². The maximum absolute atomic E-state index is 6.47. The number of hydrogen-bond acceptors (Lipinski definition) is 3. The van der Waals surface area contributed by atoms with E-state index in [1.54, 1.807) is 0 Å². The van der Waals surface area contributed by atoms with Gasteiger partial charge in [0.25, 0.3) is 0 Å². The van der Waals surface area contributed by atoms with Crippen molar-refractivity contribution in [3.63, 3.8) is 0 Å². The van der Waals surface area contributed by atoms with Gasteiger partial charge in [0.2, 0.25) is 0 Å². The molecule has 0 radical (unpaired) electrons. The Balaban J connectivity index is 1.10. The Morgan fingerprint density at radius 2 is 0.895 bits per heavy atom. The van der Waals surface area contributed by atoms with Crippen LogP contribution in [0, 0.1) is 0 Å². The number of nitrogens with zero attached hydrogens (tertiary/aromatic N) is 1. The molecule has 0 aliphatic rings. The van der Waals surface area contributed by atoms with Crippen LogP contribution in [-0.4, -0.2) is 0 Å². The highest BCUT2D eigenvalue weighted by molar-refractivity contribution is 7.26. The normalized spacial score (nSPS) is 11.5. The summed E-state index contributed by atoms with van der Waals surface area (Å²) in [5.41, 5.74) is 14.5. The molecule has 0 saturated carbocycles. The van der Waals surface area contributed by atoms with Crippen molar-refractivity contribution in [2.75, 3.05) is 4.90 Å². The lowest BCUT2D eigenvalue weighted by Crippen LogP contribution is -2.11. The number of benzene rings is 9. The van der Waals surface area contributed by atoms with Crippen LogP contribution in [0.3, 0.4) is 0 Å². The molecule has 0 bridgehead atoms. The average Bonchev–Trinajstić information content (AvgIpc) is 3.87. The number of anilines is 3. The fourth-order valence-corrected chi connectivity index (χ4v) is 9.57. The SMILES string of the molecule is c1ccc(-c2cccc(-c3ccc(N(c4ccc(-c5cccc6c5oc5ccccc56)cc4)c4c(-c5ccccc5)ccc5c4sc4ccccc45)cc3)c2)cc1. The van der Waals surface area contributed by atoms with E-state index in [-0.39, 0.29) is 0 Å². The Morgan fingerprint density at radius 1 is 0.351 bits per heavy atom. The van der Waals surface area contributed by atoms with Gasteiger partial charge in [0.15, 0.2) is 0 Å². The number of furan rings is 1. The van der Waals surface area contributed by atoms with E-state index in [2.05, 4.69) is 205 Å². The topological polar surface area (TPSA) is 16.4 Å². The fraction of sp³-hybridized carbons (Fsp3) is 0. The van der Waals surface area contributed by atoms with E-state index >= 15 is 0 Å². The molecule has 0 fully saturated rings. The van der Waals surface area contributed by atoms with Crippen molar-refractivity contribution in [3.05, 3.63) is 212 Å². The molecule has 0 spiro atoms. The zero-order chi connectivity index (χ0) is 37.7. The Labute approximate surface area is 335 Å². The summed E-state index contributed by atoms with van der Waals surface area (Å²) >= 11 is 1.86. The van der Waals surface area contributed by atoms with Gasteiger partial charge in [-0.1, -0.05) is 170 Å². The van der Waals surface area contributed by atoms with Gasteiger partial charge in [-0.05, 0) is 75.8 Å². The van der Waals surface area contributed by atoms with Gasteiger partial charge < -0.3 is 9.32 Å². The number of rotatable bonds is 7. The van der Waals surface area contributed by atoms with Crippen LogP contribution >= 0.6 is 11.3 Å². The summed E-state index contributed by atoms with van der Waals surface area (Å²) in [5.74, 6) is 0. The molecule has 3 heteroatoms. The summed E-state index contributed by atoms with van der Waals surface area (Å²) in [6.45, 7) is 0. The second-order valence-corrected chi connectivity index (χ2v) is 15.5. The molecule has 57 heavy (non-hydrogen) atoms. The van der Waals surface area contributed by atoms with Crippen LogP contribution in [0.25, 0.3) is 86.6 Å². The van der Waals surface area contributed by atoms with Gasteiger partial charge in [0.05, 0.1) is 10.4 Å². The molecule has 11 rings (SSSR count). The second-order valence-electron chi connectivity index (χ2n) is 14.5. The summed E-state index contributed by atoms with van der Waals surface area (Å²) in [7, 11) is 0. The van der Waals surface area contributed by atoms with Crippen LogP contribution in [-0.2, 0) is 0 Å². The third-order valence-corrected chi connectivity index (χ3v) is 12.3. The molecular weight excluding hydrogens is 711 g/mol. The summed E-state index contributed by atoms with van der Waals surface area (Å²) in [4.78, 5) is 2.45. The standard InChI is InChI=1S/C54H35NOS/c1-3-13-36(14-4-1)40-17-11-18-41(35-40)37-25-29-42(30-26-37)55(43-31-27-39(28-32-43)45-21-12-22-48-46-19-7-9-23-50(46)56-53(45)48)52-44(38-15-5-2-6-16-38)33-34-49-47-20-8-10-24-51(47)57-54(49)52/h1-35H. The van der Waals surface area contributed by atoms with Crippen LogP contribution in [0.15, 0.2) is 217 Å². The molecule has 0 aliphatic carbocycles. The van der Waals surface area contributed by atoms with E-state index in [0.717, 1.165) is 44.4 Å². The smallest absolute Gasteiger partial charge is 0.143 e. The molecule has 0 atom stereocenters. The minimum Gasteiger partial charge on any atom is -0.455 e. The van der Waals surface area contributed by atoms with E-state index in [9.17, 15) is 0 Å². The van der Waals surface area contributed by atoms with Crippen molar-refractivity contribution in [1.82, 2.24) is 0 Å². The minimum absolute atomic E-state index is 0.905. The predicted molar refractivity (Wildman–Crippen MR) is 243 cm³/mol. The fourth-order valence-electron chi connectivity index (χ4n) is 8.33. The van der Waals surface area contributed by atoms with Crippen molar-refractivity contribution in [2.45, 2.75) is 0 Å². The van der Waals surface area contributed by atoms with Crippen molar-refractivity contribution in [2.24, 2.45) is 0 Å². The van der Waals surface area contributed by atoms with Gasteiger partial charge in [-0.2, -0.15) is 0 Å². The van der Waals surface area contributed by atoms with Gasteiger partial charge in [0.1, 0.15) is 11.2 Å². The molecule has 2 heterocycles. The average molecular weight is 746 g/mol. The van der Waals surface area contributed by atoms with Gasteiger partial charge >= 0.3 is 0 Å². The monoisotopic (exact) mass is 745 g/mol. The quantitative estimate of drug-likeness (QED) is 0.162. The van der Waals surface area contributed by atoms with E-state index in [1.165, 1.54) is 59.2 Å². The summed E-state index contributed by atoms with van der Waals surface area (Å²) in [5, 5.41) is 4.81. The zero-order valence-electron chi connectivity index (χ0n) is 31.0. The van der Waals surface area contributed by atoms with Gasteiger partial charge in [-0.25, -0.2) is 0 Å². The predicted octanol–water partition coefficient (Wildman–Crippen LogP) is 16.1. The maximum atomic E-state index is 6.47. The van der Waals surface area contributed by atoms with Crippen LogP contribution in [0.5, 0.6) is 0 Å². The summed E-state index contributed by atoms with van der Waals surface area (Å²) in [6.07, 6.45) is 0. The van der Waals surface area contributed by atoms with Crippen LogP contribution in [0.1, 0.15) is 0 Å². The maximum Gasteiger partial charge on any atom is 0.143 e. The third-order valence-electron chi connectivity index (χ3n) is 11.1. The Kier molecular flexibility index (Phi) is 8.04. The molecule has 2 aromatic heterocycles. The second kappa shape index (κ2) is 13.8. The van der Waals surface area contributed by atoms with Gasteiger partial charge in [0, 0.05) is 48.7 Å². The lowest BCUT2D eigenvalue weighted by Gasteiger charge is -2.29. The molecule has 268 valence electrons. The lowest BCUT2D eigenvalue weighted by molar-refractivity contribution is 0.670. The first-order chi connectivity index (χ1) is 28.3. The van der Waals surface area contributed by atoms with E-state index in [1.807, 2.05) is 23.5 Å². The van der Waals surface area contributed by atoms with E-state index in [4.69, 9.17) is 4.42 Å². The van der Waals surface area contributed by atoms with Gasteiger partial charge in [-0.15, -0.1) is 11.3 Å². The number of para-hydroxylation sites is 2. The molecule has 2 nitrogen and oxygen atoms in total. The van der Waals surface area contributed by atoms with Crippen LogP contribution in [0.2, 0.25) is 0 Å². The molecule has 0 amide bonds. The molecule has 0 unspecified atom stereocenters. The first-order valence-corrected chi connectivity index (χ1v) is 20.1. The summed E-state index contributed by atoms with van der Waals surface area (Å²) in [6, 6.07) is 76.4. The number of thiophene rings is 1. The Hall–Kier alpha value is -7.20. The third kappa shape index (κ3) is 5.80. The number of fused-ring (bicyclic) bond motifs is 6. The lowest BCUT2D eigenvalue weighted by atomic mass is 9.97. The molecule has 0 aliphatic heterocycles. The minimum atomic E-state index is 0.905. The number of hydrogen-bond donors (Lipinski definition) is 0. The molecule has 9 aromatic carbocycles. The molecule has 0 saturated heterocycles. The van der Waals surface area contributed by atoms with Crippen LogP contribution in [0.4, 0.5) is 17.1 Å². The van der Waals surface area contributed by atoms with Crippen molar-refractivity contribution in [1.29, 1.82) is 0 Å². The van der Waals surface area contributed by atoms with Crippen LogP contribution < -0.4 is 4.90 Å². The highest BCUT2D eigenvalue weighted by Gasteiger charge is 2.23. The molecule has 0 N–H and O–H groups in total.